The van der Waals surface area contributed by atoms with Crippen molar-refractivity contribution >= 4 is 39.9 Å². The molecule has 8 nitrogen and oxygen atoms in total. The summed E-state index contributed by atoms with van der Waals surface area (Å²) in [7, 11) is 0. The molecule has 10 heteroatoms. The number of carbonyl (C=O) groups excluding carboxylic acids is 1. The van der Waals surface area contributed by atoms with Gasteiger partial charge < -0.3 is 0 Å². The molecule has 3 aromatic heterocycles. The van der Waals surface area contributed by atoms with E-state index in [-0.39, 0.29) is 11.9 Å². The number of hydrogen-bond donors (Lipinski definition) is 0. The van der Waals surface area contributed by atoms with E-state index < -0.39 is 0 Å². The molecule has 0 radical (unpaired) electrons. The summed E-state index contributed by atoms with van der Waals surface area (Å²) >= 11 is 2.86. The van der Waals surface area contributed by atoms with Crippen LogP contribution >= 0.6 is 23.1 Å². The molecule has 1 amide bonds. The second-order valence-electron chi connectivity index (χ2n) is 5.28. The van der Waals surface area contributed by atoms with Gasteiger partial charge in [0.15, 0.2) is 4.34 Å². The Balaban J connectivity index is 1.64. The minimum absolute atomic E-state index is 0.0126. The quantitative estimate of drug-likeness (QED) is 0.526. The number of nitrogens with zero attached hydrogens (tertiary/aromatic N) is 7. The number of hydrogen-bond acceptors (Lipinski definition) is 8. The summed E-state index contributed by atoms with van der Waals surface area (Å²) in [6.45, 7) is 3.48. The summed E-state index contributed by atoms with van der Waals surface area (Å²) in [6.07, 6.45) is 3.54. The second-order valence-corrected chi connectivity index (χ2v) is 7.50. The molecule has 4 rings (SSSR count). The predicted molar refractivity (Wildman–Crippen MR) is 85.7 cm³/mol. The van der Waals surface area contributed by atoms with Crippen LogP contribution in [0.1, 0.15) is 25.5 Å². The first-order valence-electron chi connectivity index (χ1n) is 7.10. The first kappa shape index (κ1) is 14.5. The van der Waals surface area contributed by atoms with Gasteiger partial charge in [-0.1, -0.05) is 11.3 Å². The van der Waals surface area contributed by atoms with Crippen LogP contribution < -0.4 is 4.90 Å². The summed E-state index contributed by atoms with van der Waals surface area (Å²) in [5.41, 5.74) is 0.862. The molecular formula is C13H13N7OS2. The van der Waals surface area contributed by atoms with Crippen LogP contribution in [0.5, 0.6) is 0 Å². The molecule has 118 valence electrons. The SMILES string of the molecule is CC(=O)N(c1nnc(Sc2cc(C)nc3ncnn23)s1)C1CC1. The Kier molecular flexibility index (Phi) is 3.49. The Morgan fingerprint density at radius 1 is 1.43 bits per heavy atom. The Morgan fingerprint density at radius 2 is 2.26 bits per heavy atom. The topological polar surface area (TPSA) is 89.2 Å². The van der Waals surface area contributed by atoms with Gasteiger partial charge in [0.2, 0.25) is 11.0 Å². The highest BCUT2D eigenvalue weighted by atomic mass is 32.2. The number of rotatable bonds is 4. The molecule has 23 heavy (non-hydrogen) atoms. The standard InChI is InChI=1S/C13H13N7OS2/c1-7-5-10(20-11(16-7)14-6-15-20)22-13-18-17-12(23-13)19(8(2)21)9-3-4-9/h5-6,9H,3-4H2,1-2H3. The molecule has 0 spiro atoms. The fourth-order valence-electron chi connectivity index (χ4n) is 2.28. The van der Waals surface area contributed by atoms with E-state index in [0.29, 0.717) is 10.9 Å². The Hall–Kier alpha value is -2.07. The molecule has 0 saturated heterocycles. The monoisotopic (exact) mass is 347 g/mol. The maximum Gasteiger partial charge on any atom is 0.253 e. The zero-order valence-electron chi connectivity index (χ0n) is 12.5. The van der Waals surface area contributed by atoms with Crippen LogP contribution in [0.3, 0.4) is 0 Å². The van der Waals surface area contributed by atoms with E-state index in [4.69, 9.17) is 0 Å². The summed E-state index contributed by atoms with van der Waals surface area (Å²) in [4.78, 5) is 22.0. The van der Waals surface area contributed by atoms with Gasteiger partial charge in [-0.3, -0.25) is 9.69 Å². The molecule has 0 atom stereocenters. The second kappa shape index (κ2) is 5.53. The van der Waals surface area contributed by atoms with Gasteiger partial charge in [-0.25, -0.2) is 4.98 Å². The summed E-state index contributed by atoms with van der Waals surface area (Å²) in [5.74, 6) is 0.569. The molecule has 1 fully saturated rings. The number of aromatic nitrogens is 6. The predicted octanol–water partition coefficient (Wildman–Crippen LogP) is 1.95. The van der Waals surface area contributed by atoms with Crippen LogP contribution in [0.4, 0.5) is 5.13 Å². The van der Waals surface area contributed by atoms with Crippen molar-refractivity contribution in [2.45, 2.75) is 42.1 Å². The van der Waals surface area contributed by atoms with Crippen LogP contribution in [-0.2, 0) is 4.79 Å². The van der Waals surface area contributed by atoms with E-state index in [0.717, 1.165) is 27.9 Å². The largest absolute Gasteiger partial charge is 0.284 e. The normalized spacial score (nSPS) is 14.3. The third kappa shape index (κ3) is 2.79. The van der Waals surface area contributed by atoms with Crippen molar-refractivity contribution in [2.75, 3.05) is 4.90 Å². The van der Waals surface area contributed by atoms with Crippen LogP contribution in [0.25, 0.3) is 5.78 Å². The van der Waals surface area contributed by atoms with Crippen molar-refractivity contribution in [3.05, 3.63) is 18.1 Å². The van der Waals surface area contributed by atoms with Gasteiger partial charge in [0.25, 0.3) is 5.78 Å². The van der Waals surface area contributed by atoms with E-state index >= 15 is 0 Å². The fraction of sp³-hybridized carbons (Fsp3) is 0.385. The van der Waals surface area contributed by atoms with Gasteiger partial charge in [0, 0.05) is 18.7 Å². The van der Waals surface area contributed by atoms with Gasteiger partial charge in [0.05, 0.1) is 0 Å². The lowest BCUT2D eigenvalue weighted by Gasteiger charge is -2.15. The van der Waals surface area contributed by atoms with Gasteiger partial charge in [-0.2, -0.15) is 14.6 Å². The van der Waals surface area contributed by atoms with Crippen LogP contribution in [0.15, 0.2) is 21.8 Å². The van der Waals surface area contributed by atoms with Gasteiger partial charge in [-0.15, -0.1) is 10.2 Å². The van der Waals surface area contributed by atoms with Gasteiger partial charge in [0.1, 0.15) is 11.4 Å². The Labute approximate surface area is 140 Å². The van der Waals surface area contributed by atoms with Crippen molar-refractivity contribution in [2.24, 2.45) is 0 Å². The molecule has 1 saturated carbocycles. The summed E-state index contributed by atoms with van der Waals surface area (Å²) in [6, 6.07) is 2.21. The van der Waals surface area contributed by atoms with E-state index in [1.807, 2.05) is 13.0 Å². The van der Waals surface area contributed by atoms with Gasteiger partial charge in [-0.05, 0) is 37.6 Å². The minimum Gasteiger partial charge on any atom is -0.284 e. The highest BCUT2D eigenvalue weighted by molar-refractivity contribution is 8.01. The smallest absolute Gasteiger partial charge is 0.253 e. The van der Waals surface area contributed by atoms with Crippen LogP contribution in [0, 0.1) is 6.92 Å². The number of carbonyl (C=O) groups is 1. The molecule has 3 heterocycles. The summed E-state index contributed by atoms with van der Waals surface area (Å²) < 4.78 is 2.43. The number of amides is 1. The lowest BCUT2D eigenvalue weighted by atomic mass is 10.5. The third-order valence-electron chi connectivity index (χ3n) is 3.39. The van der Waals surface area contributed by atoms with Crippen molar-refractivity contribution < 1.29 is 4.79 Å². The molecule has 0 aliphatic heterocycles. The fourth-order valence-corrected chi connectivity index (χ4v) is 4.33. The number of fused-ring (bicyclic) bond motifs is 1. The van der Waals surface area contributed by atoms with Crippen molar-refractivity contribution in [3.63, 3.8) is 0 Å². The molecular weight excluding hydrogens is 334 g/mol. The van der Waals surface area contributed by atoms with Crippen LogP contribution in [0.2, 0.25) is 0 Å². The highest BCUT2D eigenvalue weighted by Gasteiger charge is 2.34. The highest BCUT2D eigenvalue weighted by Crippen LogP contribution is 2.37. The molecule has 1 aliphatic rings. The maximum absolute atomic E-state index is 11.8. The summed E-state index contributed by atoms with van der Waals surface area (Å²) in [5, 5.41) is 14.1. The molecule has 0 unspecified atom stereocenters. The van der Waals surface area contributed by atoms with Crippen molar-refractivity contribution in [1.29, 1.82) is 0 Å². The first-order chi connectivity index (χ1) is 11.1. The molecule has 0 N–H and O–H groups in total. The minimum atomic E-state index is 0.0126. The zero-order valence-corrected chi connectivity index (χ0v) is 14.1. The molecule has 1 aliphatic carbocycles. The number of anilines is 1. The maximum atomic E-state index is 11.8. The van der Waals surface area contributed by atoms with Crippen molar-refractivity contribution in [1.82, 2.24) is 29.8 Å². The lowest BCUT2D eigenvalue weighted by Crippen LogP contribution is -2.30. The zero-order chi connectivity index (χ0) is 16.0. The number of aryl methyl sites for hydroxylation is 1. The van der Waals surface area contributed by atoms with Gasteiger partial charge >= 0.3 is 0 Å². The van der Waals surface area contributed by atoms with Crippen molar-refractivity contribution in [3.8, 4) is 0 Å². The molecule has 0 aromatic carbocycles. The third-order valence-corrected chi connectivity index (χ3v) is 5.37. The Bertz CT molecular complexity index is 885. The van der Waals surface area contributed by atoms with Crippen LogP contribution in [-0.4, -0.2) is 41.7 Å². The molecule has 3 aromatic rings. The average molecular weight is 347 g/mol. The lowest BCUT2D eigenvalue weighted by molar-refractivity contribution is -0.116. The first-order valence-corrected chi connectivity index (χ1v) is 8.73. The Morgan fingerprint density at radius 3 is 3.00 bits per heavy atom. The van der Waals surface area contributed by atoms with E-state index in [1.54, 1.807) is 16.3 Å². The van der Waals surface area contributed by atoms with E-state index in [2.05, 4.69) is 25.3 Å². The molecule has 0 bridgehead atoms. The van der Waals surface area contributed by atoms with E-state index in [9.17, 15) is 4.79 Å². The van der Waals surface area contributed by atoms with E-state index in [1.165, 1.54) is 29.4 Å². The average Bonchev–Trinajstić information content (AvgIpc) is 3.01.